The molecule has 4 rings (SSSR count). The third-order valence-corrected chi connectivity index (χ3v) is 6.80. The summed E-state index contributed by atoms with van der Waals surface area (Å²) in [6, 6.07) is 9.34. The van der Waals surface area contributed by atoms with Gasteiger partial charge in [0.05, 0.1) is 11.9 Å². The summed E-state index contributed by atoms with van der Waals surface area (Å²) >= 11 is 0. The Balaban J connectivity index is 1.55. The number of fused-ring (bicyclic) bond motifs is 1. The second-order valence-electron chi connectivity index (χ2n) is 9.69. The molecule has 1 unspecified atom stereocenters. The lowest BCUT2D eigenvalue weighted by Crippen LogP contribution is -2.46. The van der Waals surface area contributed by atoms with E-state index in [9.17, 15) is 4.79 Å². The van der Waals surface area contributed by atoms with Gasteiger partial charge in [-0.05, 0) is 74.3 Å². The molecular formula is C25H33NO5. The van der Waals surface area contributed by atoms with Crippen molar-refractivity contribution in [3.8, 4) is 11.5 Å². The Morgan fingerprint density at radius 3 is 2.68 bits per heavy atom. The van der Waals surface area contributed by atoms with Gasteiger partial charge in [-0.1, -0.05) is 19.9 Å². The van der Waals surface area contributed by atoms with E-state index in [-0.39, 0.29) is 23.7 Å². The second kappa shape index (κ2) is 8.58. The Kier molecular flexibility index (Phi) is 6.02. The summed E-state index contributed by atoms with van der Waals surface area (Å²) in [5.74, 6) is 2.25. The highest BCUT2D eigenvalue weighted by atomic mass is 16.7. The van der Waals surface area contributed by atoms with Crippen LogP contribution >= 0.6 is 0 Å². The average Bonchev–Trinajstić information content (AvgIpc) is 3.41. The van der Waals surface area contributed by atoms with Crippen LogP contribution in [0.1, 0.15) is 63.1 Å². The van der Waals surface area contributed by atoms with Crippen LogP contribution in [0.2, 0.25) is 0 Å². The molecule has 1 aromatic heterocycles. The van der Waals surface area contributed by atoms with E-state index >= 15 is 0 Å². The molecule has 6 nitrogen and oxygen atoms in total. The molecule has 2 aliphatic rings. The fourth-order valence-corrected chi connectivity index (χ4v) is 4.94. The first-order chi connectivity index (χ1) is 14.8. The summed E-state index contributed by atoms with van der Waals surface area (Å²) in [5.41, 5.74) is 1.00. The highest BCUT2D eigenvalue weighted by molar-refractivity contribution is 5.91. The maximum atomic E-state index is 13.3. The van der Waals surface area contributed by atoms with Crippen LogP contribution in [0.15, 0.2) is 41.0 Å². The summed E-state index contributed by atoms with van der Waals surface area (Å²) in [6.07, 6.45) is 4.47. The van der Waals surface area contributed by atoms with Gasteiger partial charge in [0.25, 0.3) is 5.91 Å². The number of carbonyl (C=O) groups is 1. The molecule has 6 heteroatoms. The van der Waals surface area contributed by atoms with Crippen molar-refractivity contribution in [2.75, 3.05) is 19.9 Å². The lowest BCUT2D eigenvalue weighted by molar-refractivity contribution is -0.122. The second-order valence-corrected chi connectivity index (χ2v) is 9.69. The van der Waals surface area contributed by atoms with E-state index in [2.05, 4.69) is 27.7 Å². The number of carbonyl (C=O) groups excluding carboxylic acids is 1. The van der Waals surface area contributed by atoms with Crippen LogP contribution in [0.4, 0.5) is 0 Å². The van der Waals surface area contributed by atoms with E-state index in [4.69, 9.17) is 18.6 Å². The van der Waals surface area contributed by atoms with Crippen molar-refractivity contribution < 1.29 is 23.4 Å². The van der Waals surface area contributed by atoms with Crippen LogP contribution in [0.3, 0.4) is 0 Å². The van der Waals surface area contributed by atoms with Gasteiger partial charge >= 0.3 is 0 Å². The predicted octanol–water partition coefficient (Wildman–Crippen LogP) is 5.27. The summed E-state index contributed by atoms with van der Waals surface area (Å²) in [5, 5.41) is 0. The third kappa shape index (κ3) is 4.74. The van der Waals surface area contributed by atoms with Gasteiger partial charge in [-0.2, -0.15) is 0 Å². The number of amides is 1. The molecule has 0 saturated carbocycles. The molecule has 1 saturated heterocycles. The van der Waals surface area contributed by atoms with Gasteiger partial charge in [-0.3, -0.25) is 4.79 Å². The monoisotopic (exact) mass is 427 g/mol. The Labute approximate surface area is 184 Å². The van der Waals surface area contributed by atoms with E-state index < -0.39 is 0 Å². The molecule has 1 fully saturated rings. The molecule has 3 heterocycles. The molecule has 0 aliphatic carbocycles. The zero-order chi connectivity index (χ0) is 22.1. The molecule has 0 spiro atoms. The van der Waals surface area contributed by atoms with Crippen LogP contribution in [0.25, 0.3) is 0 Å². The highest BCUT2D eigenvalue weighted by Gasteiger charge is 2.43. The molecule has 1 aromatic carbocycles. The van der Waals surface area contributed by atoms with E-state index in [1.807, 2.05) is 23.1 Å². The first-order valence-electron chi connectivity index (χ1n) is 11.1. The summed E-state index contributed by atoms with van der Waals surface area (Å²) in [7, 11) is 0. The van der Waals surface area contributed by atoms with Crippen LogP contribution in [-0.2, 0) is 11.3 Å². The number of nitrogens with zero attached hydrogens (tertiary/aromatic N) is 1. The zero-order valence-electron chi connectivity index (χ0n) is 19.0. The van der Waals surface area contributed by atoms with Crippen LogP contribution in [-0.4, -0.2) is 36.4 Å². The van der Waals surface area contributed by atoms with E-state index in [0.717, 1.165) is 42.9 Å². The maximum Gasteiger partial charge on any atom is 0.289 e. The van der Waals surface area contributed by atoms with Gasteiger partial charge in [-0.15, -0.1) is 0 Å². The standard InChI is InChI=1S/C25H33NO5/c1-18(2)25(10-13-31-24(3,4)16-25)9-11-26(23(27)21-6-5-12-28-21)15-19-7-8-20-22(14-19)30-17-29-20/h5-8,12,14,18H,9-11,13,15-17H2,1-4H3. The topological polar surface area (TPSA) is 61.1 Å². The molecule has 2 aliphatic heterocycles. The van der Waals surface area contributed by atoms with Crippen molar-refractivity contribution in [1.29, 1.82) is 0 Å². The fraction of sp³-hybridized carbons (Fsp3) is 0.560. The minimum Gasteiger partial charge on any atom is -0.459 e. The summed E-state index contributed by atoms with van der Waals surface area (Å²) in [4.78, 5) is 15.2. The minimum absolute atomic E-state index is 0.0899. The number of benzene rings is 1. The molecule has 1 amide bonds. The number of ether oxygens (including phenoxy) is 3. The van der Waals surface area contributed by atoms with E-state index in [1.165, 1.54) is 0 Å². The van der Waals surface area contributed by atoms with Gasteiger partial charge in [0.1, 0.15) is 0 Å². The normalized spacial score (nSPS) is 22.0. The van der Waals surface area contributed by atoms with Gasteiger partial charge in [0.15, 0.2) is 17.3 Å². The number of furan rings is 1. The first-order valence-corrected chi connectivity index (χ1v) is 11.1. The lowest BCUT2D eigenvalue weighted by Gasteiger charge is -2.48. The molecule has 0 bridgehead atoms. The molecule has 31 heavy (non-hydrogen) atoms. The third-order valence-electron chi connectivity index (χ3n) is 6.80. The zero-order valence-corrected chi connectivity index (χ0v) is 19.0. The molecule has 0 N–H and O–H groups in total. The van der Waals surface area contributed by atoms with Crippen molar-refractivity contribution in [2.24, 2.45) is 11.3 Å². The quantitative estimate of drug-likeness (QED) is 0.602. The van der Waals surface area contributed by atoms with Crippen molar-refractivity contribution in [1.82, 2.24) is 4.90 Å². The summed E-state index contributed by atoms with van der Waals surface area (Å²) < 4.78 is 22.4. The van der Waals surface area contributed by atoms with Crippen molar-refractivity contribution in [2.45, 2.75) is 59.1 Å². The number of hydrogen-bond donors (Lipinski definition) is 0. The van der Waals surface area contributed by atoms with Crippen molar-refractivity contribution >= 4 is 5.91 Å². The first kappa shape index (κ1) is 21.8. The van der Waals surface area contributed by atoms with E-state index in [0.29, 0.717) is 24.8 Å². The average molecular weight is 428 g/mol. The predicted molar refractivity (Wildman–Crippen MR) is 117 cm³/mol. The Hall–Kier alpha value is -2.47. The largest absolute Gasteiger partial charge is 0.459 e. The minimum atomic E-state index is -0.143. The molecule has 1 atom stereocenters. The van der Waals surface area contributed by atoms with Crippen LogP contribution in [0.5, 0.6) is 11.5 Å². The maximum absolute atomic E-state index is 13.3. The fourth-order valence-electron chi connectivity index (χ4n) is 4.94. The highest BCUT2D eigenvalue weighted by Crippen LogP contribution is 2.47. The Morgan fingerprint density at radius 1 is 1.16 bits per heavy atom. The van der Waals surface area contributed by atoms with Crippen molar-refractivity contribution in [3.05, 3.63) is 47.9 Å². The summed E-state index contributed by atoms with van der Waals surface area (Å²) in [6.45, 7) is 11.1. The van der Waals surface area contributed by atoms with Crippen LogP contribution < -0.4 is 9.47 Å². The van der Waals surface area contributed by atoms with Gasteiger partial charge < -0.3 is 23.5 Å². The Bertz CT molecular complexity index is 905. The van der Waals surface area contributed by atoms with Crippen molar-refractivity contribution in [3.63, 3.8) is 0 Å². The molecular weight excluding hydrogens is 394 g/mol. The van der Waals surface area contributed by atoms with Gasteiger partial charge in [0.2, 0.25) is 6.79 Å². The number of rotatable bonds is 7. The van der Waals surface area contributed by atoms with Crippen LogP contribution in [0, 0.1) is 11.3 Å². The number of hydrogen-bond acceptors (Lipinski definition) is 5. The Morgan fingerprint density at radius 2 is 1.97 bits per heavy atom. The smallest absolute Gasteiger partial charge is 0.289 e. The molecule has 168 valence electrons. The van der Waals surface area contributed by atoms with E-state index in [1.54, 1.807) is 18.4 Å². The SMILES string of the molecule is CC(C)C1(CCN(Cc2ccc3c(c2)OCO3)C(=O)c2ccco2)CCOC(C)(C)C1. The molecule has 0 radical (unpaired) electrons. The lowest BCUT2D eigenvalue weighted by atomic mass is 9.65. The van der Waals surface area contributed by atoms with Gasteiger partial charge in [-0.25, -0.2) is 0 Å². The molecule has 2 aromatic rings. The van der Waals surface area contributed by atoms with Gasteiger partial charge in [0, 0.05) is 19.7 Å².